The van der Waals surface area contributed by atoms with E-state index in [4.69, 9.17) is 10.5 Å². The maximum absolute atomic E-state index is 11.7. The van der Waals surface area contributed by atoms with Crippen LogP contribution in [0, 0.1) is 0 Å². The fraction of sp³-hybridized carbons (Fsp3) is 0.462. The molecule has 1 fully saturated rings. The number of aromatic hydroxyl groups is 1. The standard InChI is InChI=1S/C13H18N2O3/c14-6-5-11-8-15(13(17)9-18-11)7-10-3-1-2-4-12(10)16/h1-4,11,16H,5-9,14H2. The minimum Gasteiger partial charge on any atom is -0.508 e. The summed E-state index contributed by atoms with van der Waals surface area (Å²) in [6.45, 7) is 1.59. The van der Waals surface area contributed by atoms with Gasteiger partial charge in [0.15, 0.2) is 0 Å². The summed E-state index contributed by atoms with van der Waals surface area (Å²) in [4.78, 5) is 13.5. The predicted octanol–water partition coefficient (Wildman–Crippen LogP) is 0.468. The van der Waals surface area contributed by atoms with E-state index in [1.807, 2.05) is 12.1 Å². The number of hydrogen-bond donors (Lipinski definition) is 2. The van der Waals surface area contributed by atoms with Crippen molar-refractivity contribution in [3.05, 3.63) is 29.8 Å². The number of benzene rings is 1. The molecule has 1 aliphatic heterocycles. The summed E-state index contributed by atoms with van der Waals surface area (Å²) in [6, 6.07) is 7.04. The predicted molar refractivity (Wildman–Crippen MR) is 66.9 cm³/mol. The van der Waals surface area contributed by atoms with Gasteiger partial charge in [0, 0.05) is 18.7 Å². The second kappa shape index (κ2) is 5.84. The molecule has 0 spiro atoms. The molecule has 1 heterocycles. The molecular weight excluding hydrogens is 232 g/mol. The van der Waals surface area contributed by atoms with Crippen LogP contribution in [-0.4, -0.2) is 41.7 Å². The van der Waals surface area contributed by atoms with Crippen LogP contribution >= 0.6 is 0 Å². The molecule has 5 heteroatoms. The molecule has 1 unspecified atom stereocenters. The molecule has 0 saturated carbocycles. The van der Waals surface area contributed by atoms with Gasteiger partial charge in [-0.05, 0) is 19.0 Å². The molecule has 1 aromatic rings. The number of rotatable bonds is 4. The maximum Gasteiger partial charge on any atom is 0.248 e. The summed E-state index contributed by atoms with van der Waals surface area (Å²) < 4.78 is 5.40. The molecule has 0 aliphatic carbocycles. The van der Waals surface area contributed by atoms with Crippen molar-refractivity contribution in [1.82, 2.24) is 4.90 Å². The van der Waals surface area contributed by atoms with Crippen LogP contribution in [0.1, 0.15) is 12.0 Å². The first-order valence-electron chi connectivity index (χ1n) is 6.07. The Morgan fingerprint density at radius 3 is 2.94 bits per heavy atom. The number of nitrogens with two attached hydrogens (primary N) is 1. The lowest BCUT2D eigenvalue weighted by Gasteiger charge is -2.32. The Kier molecular flexibility index (Phi) is 4.17. The van der Waals surface area contributed by atoms with Crippen molar-refractivity contribution in [3.63, 3.8) is 0 Å². The highest BCUT2D eigenvalue weighted by atomic mass is 16.5. The molecule has 0 radical (unpaired) electrons. The highest BCUT2D eigenvalue weighted by Crippen LogP contribution is 2.20. The second-order valence-corrected chi connectivity index (χ2v) is 4.41. The summed E-state index contributed by atoms with van der Waals surface area (Å²) in [5.74, 6) is 0.165. The number of ether oxygens (including phenoxy) is 1. The van der Waals surface area contributed by atoms with E-state index in [1.165, 1.54) is 0 Å². The van der Waals surface area contributed by atoms with E-state index in [2.05, 4.69) is 0 Å². The number of phenols is 1. The molecule has 2 rings (SSSR count). The normalized spacial score (nSPS) is 20.2. The van der Waals surface area contributed by atoms with Gasteiger partial charge in [-0.3, -0.25) is 4.79 Å². The van der Waals surface area contributed by atoms with Crippen LogP contribution < -0.4 is 5.73 Å². The third kappa shape index (κ3) is 3.00. The number of carbonyl (C=O) groups excluding carboxylic acids is 1. The molecule has 1 aromatic carbocycles. The number of morpholine rings is 1. The monoisotopic (exact) mass is 250 g/mol. The van der Waals surface area contributed by atoms with Gasteiger partial charge in [0.2, 0.25) is 5.91 Å². The van der Waals surface area contributed by atoms with Gasteiger partial charge in [-0.25, -0.2) is 0 Å². The lowest BCUT2D eigenvalue weighted by molar-refractivity contribution is -0.149. The average molecular weight is 250 g/mol. The van der Waals surface area contributed by atoms with Crippen LogP contribution in [0.5, 0.6) is 5.75 Å². The van der Waals surface area contributed by atoms with Gasteiger partial charge in [0.05, 0.1) is 6.10 Å². The van der Waals surface area contributed by atoms with E-state index in [1.54, 1.807) is 17.0 Å². The number of amides is 1. The topological polar surface area (TPSA) is 75.8 Å². The smallest absolute Gasteiger partial charge is 0.248 e. The molecule has 0 bridgehead atoms. The molecule has 1 aliphatic rings. The SMILES string of the molecule is NCCC1CN(Cc2ccccc2O)C(=O)CO1. The average Bonchev–Trinajstić information content (AvgIpc) is 2.36. The van der Waals surface area contributed by atoms with E-state index in [-0.39, 0.29) is 24.4 Å². The highest BCUT2D eigenvalue weighted by molar-refractivity contribution is 5.78. The maximum atomic E-state index is 11.7. The third-order valence-corrected chi connectivity index (χ3v) is 3.06. The van der Waals surface area contributed by atoms with E-state index >= 15 is 0 Å². The zero-order valence-electron chi connectivity index (χ0n) is 10.2. The van der Waals surface area contributed by atoms with Gasteiger partial charge >= 0.3 is 0 Å². The Morgan fingerprint density at radius 1 is 1.44 bits per heavy atom. The van der Waals surface area contributed by atoms with Gasteiger partial charge in [-0.2, -0.15) is 0 Å². The van der Waals surface area contributed by atoms with Crippen molar-refractivity contribution < 1.29 is 14.6 Å². The van der Waals surface area contributed by atoms with Crippen LogP contribution in [-0.2, 0) is 16.1 Å². The van der Waals surface area contributed by atoms with E-state index < -0.39 is 0 Å². The van der Waals surface area contributed by atoms with E-state index in [0.29, 0.717) is 19.6 Å². The summed E-state index contributed by atoms with van der Waals surface area (Å²) in [5, 5.41) is 9.71. The minimum atomic E-state index is -0.0495. The van der Waals surface area contributed by atoms with Crippen molar-refractivity contribution >= 4 is 5.91 Å². The molecule has 1 atom stereocenters. The first-order chi connectivity index (χ1) is 8.70. The van der Waals surface area contributed by atoms with Gasteiger partial charge in [0.25, 0.3) is 0 Å². The van der Waals surface area contributed by atoms with Gasteiger partial charge < -0.3 is 20.5 Å². The van der Waals surface area contributed by atoms with Crippen molar-refractivity contribution in [2.24, 2.45) is 5.73 Å². The lowest BCUT2D eigenvalue weighted by Crippen LogP contribution is -2.46. The fourth-order valence-corrected chi connectivity index (χ4v) is 2.04. The number of nitrogens with zero attached hydrogens (tertiary/aromatic N) is 1. The third-order valence-electron chi connectivity index (χ3n) is 3.06. The van der Waals surface area contributed by atoms with Crippen LogP contribution in [0.25, 0.3) is 0 Å². The van der Waals surface area contributed by atoms with Crippen LogP contribution in [0.2, 0.25) is 0 Å². The molecule has 3 N–H and O–H groups in total. The summed E-state index contributed by atoms with van der Waals surface area (Å²) >= 11 is 0. The van der Waals surface area contributed by atoms with E-state index in [9.17, 15) is 9.90 Å². The minimum absolute atomic E-state index is 0.00134. The van der Waals surface area contributed by atoms with Crippen LogP contribution in [0.3, 0.4) is 0 Å². The van der Waals surface area contributed by atoms with Gasteiger partial charge in [0.1, 0.15) is 12.4 Å². The Balaban J connectivity index is 2.03. The van der Waals surface area contributed by atoms with Gasteiger partial charge in [-0.15, -0.1) is 0 Å². The Bertz CT molecular complexity index is 422. The Hall–Kier alpha value is -1.59. The number of para-hydroxylation sites is 1. The second-order valence-electron chi connectivity index (χ2n) is 4.41. The quantitative estimate of drug-likeness (QED) is 0.814. The van der Waals surface area contributed by atoms with Crippen molar-refractivity contribution in [2.45, 2.75) is 19.1 Å². The first kappa shape index (κ1) is 12.9. The summed E-state index contributed by atoms with van der Waals surface area (Å²) in [5.41, 5.74) is 6.24. The number of phenolic OH excluding ortho intramolecular Hbond substituents is 1. The molecule has 98 valence electrons. The highest BCUT2D eigenvalue weighted by Gasteiger charge is 2.26. The molecule has 0 aromatic heterocycles. The molecule has 18 heavy (non-hydrogen) atoms. The Morgan fingerprint density at radius 2 is 2.22 bits per heavy atom. The van der Waals surface area contributed by atoms with Crippen LogP contribution in [0.15, 0.2) is 24.3 Å². The van der Waals surface area contributed by atoms with Crippen molar-refractivity contribution in [1.29, 1.82) is 0 Å². The molecule has 1 amide bonds. The van der Waals surface area contributed by atoms with Crippen molar-refractivity contribution in [2.75, 3.05) is 19.7 Å². The molecule has 5 nitrogen and oxygen atoms in total. The van der Waals surface area contributed by atoms with E-state index in [0.717, 1.165) is 12.0 Å². The molecular formula is C13H18N2O3. The zero-order valence-corrected chi connectivity index (χ0v) is 10.2. The number of hydrogen-bond acceptors (Lipinski definition) is 4. The first-order valence-corrected chi connectivity index (χ1v) is 6.07. The largest absolute Gasteiger partial charge is 0.508 e. The van der Waals surface area contributed by atoms with Gasteiger partial charge in [-0.1, -0.05) is 18.2 Å². The fourth-order valence-electron chi connectivity index (χ4n) is 2.04. The number of carbonyl (C=O) groups is 1. The molecule has 1 saturated heterocycles. The zero-order chi connectivity index (χ0) is 13.0. The van der Waals surface area contributed by atoms with Crippen molar-refractivity contribution in [3.8, 4) is 5.75 Å². The summed E-state index contributed by atoms with van der Waals surface area (Å²) in [7, 11) is 0. The lowest BCUT2D eigenvalue weighted by atomic mass is 10.1. The Labute approximate surface area is 106 Å². The summed E-state index contributed by atoms with van der Waals surface area (Å²) in [6.07, 6.45) is 0.739. The van der Waals surface area contributed by atoms with Crippen LogP contribution in [0.4, 0.5) is 0 Å².